The van der Waals surface area contributed by atoms with E-state index in [9.17, 15) is 0 Å². The third-order valence-corrected chi connectivity index (χ3v) is 7.62. The molecule has 2 heterocycles. The standard InChI is InChI=1S/C34H25FNO/c1-20-15-16-26-30-21(2)18-28(35)32(34(30)37-33(26)31(20)29-14-8-9-17-36(29)3)27-19-22-10-4-5-11-23(22)24-12-6-7-13-25(24)27/h4-19H,1-3H3/q+1. The number of hydrogen-bond acceptors (Lipinski definition) is 1. The molecule has 178 valence electrons. The van der Waals surface area contributed by atoms with Crippen molar-refractivity contribution < 1.29 is 13.4 Å². The number of nitrogens with zero attached hydrogens (tertiary/aromatic N) is 1. The number of aryl methyl sites for hydroxylation is 3. The van der Waals surface area contributed by atoms with Crippen molar-refractivity contribution in [2.45, 2.75) is 13.8 Å². The van der Waals surface area contributed by atoms with E-state index in [2.05, 4.69) is 60.0 Å². The Balaban J connectivity index is 1.66. The lowest BCUT2D eigenvalue weighted by Crippen LogP contribution is -2.30. The van der Waals surface area contributed by atoms with Crippen LogP contribution in [0.1, 0.15) is 11.1 Å². The summed E-state index contributed by atoms with van der Waals surface area (Å²) in [4.78, 5) is 0. The fourth-order valence-electron chi connectivity index (χ4n) is 5.88. The Morgan fingerprint density at radius 2 is 1.38 bits per heavy atom. The maximum Gasteiger partial charge on any atom is 0.216 e. The highest BCUT2D eigenvalue weighted by atomic mass is 19.1. The molecule has 2 aromatic heterocycles. The number of benzene rings is 5. The van der Waals surface area contributed by atoms with E-state index in [4.69, 9.17) is 4.42 Å². The van der Waals surface area contributed by atoms with Gasteiger partial charge in [0.2, 0.25) is 5.69 Å². The van der Waals surface area contributed by atoms with Crippen LogP contribution in [0.5, 0.6) is 0 Å². The molecular weight excluding hydrogens is 457 g/mol. The number of halogens is 1. The number of pyridine rings is 1. The van der Waals surface area contributed by atoms with Gasteiger partial charge in [-0.25, -0.2) is 8.96 Å². The lowest BCUT2D eigenvalue weighted by molar-refractivity contribution is -0.660. The molecule has 0 radical (unpaired) electrons. The Kier molecular flexibility index (Phi) is 4.71. The summed E-state index contributed by atoms with van der Waals surface area (Å²) in [5.74, 6) is -0.270. The van der Waals surface area contributed by atoms with Crippen molar-refractivity contribution in [1.29, 1.82) is 0 Å². The first-order valence-corrected chi connectivity index (χ1v) is 12.5. The molecule has 37 heavy (non-hydrogen) atoms. The average Bonchev–Trinajstić information content (AvgIpc) is 3.29. The summed E-state index contributed by atoms with van der Waals surface area (Å²) in [5.41, 5.74) is 6.82. The maximum absolute atomic E-state index is 16.0. The predicted octanol–water partition coefficient (Wildman–Crippen LogP) is 8.81. The summed E-state index contributed by atoms with van der Waals surface area (Å²) in [6.07, 6.45) is 2.04. The molecule has 0 unspecified atom stereocenters. The van der Waals surface area contributed by atoms with Crippen LogP contribution in [0, 0.1) is 19.7 Å². The van der Waals surface area contributed by atoms with Crippen molar-refractivity contribution in [3.63, 3.8) is 0 Å². The fourth-order valence-corrected chi connectivity index (χ4v) is 5.88. The SMILES string of the molecule is Cc1ccc2c(oc3c(-c4cc5ccccc5c5ccccc45)c(F)cc(C)c32)c1-c1cccc[n+]1C. The van der Waals surface area contributed by atoms with Gasteiger partial charge in [0.05, 0.1) is 11.1 Å². The monoisotopic (exact) mass is 482 g/mol. The highest BCUT2D eigenvalue weighted by Gasteiger charge is 2.25. The molecule has 7 aromatic rings. The second-order valence-corrected chi connectivity index (χ2v) is 9.88. The number of hydrogen-bond donors (Lipinski definition) is 0. The van der Waals surface area contributed by atoms with Crippen LogP contribution in [0.3, 0.4) is 0 Å². The van der Waals surface area contributed by atoms with Gasteiger partial charge in [-0.1, -0.05) is 60.7 Å². The van der Waals surface area contributed by atoms with Crippen molar-refractivity contribution >= 4 is 43.5 Å². The van der Waals surface area contributed by atoms with Crippen LogP contribution in [-0.4, -0.2) is 0 Å². The molecule has 3 heteroatoms. The minimum atomic E-state index is -0.270. The third-order valence-electron chi connectivity index (χ3n) is 7.62. The van der Waals surface area contributed by atoms with E-state index >= 15 is 4.39 Å². The van der Waals surface area contributed by atoms with Crippen LogP contribution in [0.4, 0.5) is 4.39 Å². The lowest BCUT2D eigenvalue weighted by Gasteiger charge is -2.13. The average molecular weight is 483 g/mol. The van der Waals surface area contributed by atoms with Gasteiger partial charge in [0, 0.05) is 22.9 Å². The topological polar surface area (TPSA) is 17.0 Å². The second-order valence-electron chi connectivity index (χ2n) is 9.88. The summed E-state index contributed by atoms with van der Waals surface area (Å²) >= 11 is 0. The molecule has 2 nitrogen and oxygen atoms in total. The lowest BCUT2D eigenvalue weighted by atomic mass is 9.91. The Bertz CT molecular complexity index is 2030. The molecule has 0 N–H and O–H groups in total. The van der Waals surface area contributed by atoms with E-state index in [0.29, 0.717) is 11.1 Å². The van der Waals surface area contributed by atoms with E-state index in [1.807, 2.05) is 56.6 Å². The van der Waals surface area contributed by atoms with Gasteiger partial charge in [0.15, 0.2) is 6.20 Å². The highest BCUT2D eigenvalue weighted by Crippen LogP contribution is 2.45. The molecular formula is C34H25FNO+. The Hall–Kier alpha value is -4.50. The van der Waals surface area contributed by atoms with E-state index < -0.39 is 0 Å². The third kappa shape index (κ3) is 3.14. The van der Waals surface area contributed by atoms with Gasteiger partial charge in [0.1, 0.15) is 24.0 Å². The number of rotatable bonds is 2. The molecule has 0 bridgehead atoms. The first-order chi connectivity index (χ1) is 18.0. The Labute approximate surface area is 214 Å². The number of aromatic nitrogens is 1. The van der Waals surface area contributed by atoms with Crippen LogP contribution < -0.4 is 4.57 Å². The first-order valence-electron chi connectivity index (χ1n) is 12.5. The molecule has 7 rings (SSSR count). The van der Waals surface area contributed by atoms with Gasteiger partial charge in [-0.05, 0) is 70.3 Å². The van der Waals surface area contributed by atoms with Crippen LogP contribution in [0.15, 0.2) is 102 Å². The number of fused-ring (bicyclic) bond motifs is 6. The van der Waals surface area contributed by atoms with Crippen molar-refractivity contribution in [3.8, 4) is 22.4 Å². The van der Waals surface area contributed by atoms with Crippen molar-refractivity contribution in [1.82, 2.24) is 0 Å². The predicted molar refractivity (Wildman–Crippen MR) is 150 cm³/mol. The number of furan rings is 1. The van der Waals surface area contributed by atoms with Gasteiger partial charge in [-0.2, -0.15) is 0 Å². The zero-order valence-electron chi connectivity index (χ0n) is 21.0. The van der Waals surface area contributed by atoms with E-state index in [1.54, 1.807) is 6.07 Å². The molecule has 0 saturated carbocycles. The molecule has 0 aliphatic heterocycles. The second kappa shape index (κ2) is 8.01. The Morgan fingerprint density at radius 1 is 0.649 bits per heavy atom. The quantitative estimate of drug-likeness (QED) is 0.178. The molecule has 5 aromatic carbocycles. The smallest absolute Gasteiger partial charge is 0.216 e. The van der Waals surface area contributed by atoms with Crippen LogP contribution in [0.2, 0.25) is 0 Å². The van der Waals surface area contributed by atoms with E-state index in [0.717, 1.165) is 65.8 Å². The largest absolute Gasteiger partial charge is 0.454 e. The summed E-state index contributed by atoms with van der Waals surface area (Å²) in [6.45, 7) is 4.06. The van der Waals surface area contributed by atoms with Crippen molar-refractivity contribution in [2.75, 3.05) is 0 Å². The van der Waals surface area contributed by atoms with Gasteiger partial charge in [-0.15, -0.1) is 0 Å². The van der Waals surface area contributed by atoms with Gasteiger partial charge in [-0.3, -0.25) is 0 Å². The van der Waals surface area contributed by atoms with Crippen molar-refractivity contribution in [3.05, 3.63) is 114 Å². The molecule has 0 saturated heterocycles. The van der Waals surface area contributed by atoms with Crippen LogP contribution in [-0.2, 0) is 7.05 Å². The van der Waals surface area contributed by atoms with Crippen LogP contribution >= 0.6 is 0 Å². The van der Waals surface area contributed by atoms with Gasteiger partial charge in [0.25, 0.3) is 0 Å². The van der Waals surface area contributed by atoms with Gasteiger partial charge < -0.3 is 4.42 Å². The van der Waals surface area contributed by atoms with Gasteiger partial charge >= 0.3 is 0 Å². The molecule has 0 atom stereocenters. The molecule has 0 amide bonds. The highest BCUT2D eigenvalue weighted by molar-refractivity contribution is 6.19. The van der Waals surface area contributed by atoms with E-state index in [1.165, 1.54) is 0 Å². The molecule has 0 aliphatic rings. The summed E-state index contributed by atoms with van der Waals surface area (Å²) in [7, 11) is 2.04. The summed E-state index contributed by atoms with van der Waals surface area (Å²) in [6, 6.07) is 30.7. The zero-order chi connectivity index (χ0) is 25.3. The fraction of sp³-hybridized carbons (Fsp3) is 0.0882. The van der Waals surface area contributed by atoms with Crippen LogP contribution in [0.25, 0.3) is 65.9 Å². The zero-order valence-corrected chi connectivity index (χ0v) is 21.0. The summed E-state index contributed by atoms with van der Waals surface area (Å²) < 4.78 is 24.9. The van der Waals surface area contributed by atoms with E-state index in [-0.39, 0.29) is 5.82 Å². The Morgan fingerprint density at radius 3 is 2.19 bits per heavy atom. The molecule has 0 aliphatic carbocycles. The molecule has 0 fully saturated rings. The molecule has 0 spiro atoms. The van der Waals surface area contributed by atoms with Crippen molar-refractivity contribution in [2.24, 2.45) is 7.05 Å². The minimum Gasteiger partial charge on any atom is -0.454 e. The first kappa shape index (κ1) is 21.8. The normalized spacial score (nSPS) is 11.8. The minimum absolute atomic E-state index is 0.270. The summed E-state index contributed by atoms with van der Waals surface area (Å²) in [5, 5.41) is 6.31. The maximum atomic E-state index is 16.0.